The summed E-state index contributed by atoms with van der Waals surface area (Å²) in [6.07, 6.45) is 0. The molecule has 1 amide bonds. The van der Waals surface area contributed by atoms with Gasteiger partial charge in [-0.3, -0.25) is 4.79 Å². The summed E-state index contributed by atoms with van der Waals surface area (Å²) in [5, 5.41) is 2.76. The lowest BCUT2D eigenvalue weighted by molar-refractivity contribution is 0.0730. The second-order valence-corrected chi connectivity index (χ2v) is 9.78. The Bertz CT molecular complexity index is 1230. The number of nitrogens with zero attached hydrogens (tertiary/aromatic N) is 1. The summed E-state index contributed by atoms with van der Waals surface area (Å²) >= 11 is 0. The number of amides is 1. The van der Waals surface area contributed by atoms with Crippen LogP contribution < -0.4 is 5.32 Å². The number of carbonyl (C=O) groups is 1. The van der Waals surface area contributed by atoms with Gasteiger partial charge in [0.15, 0.2) is 0 Å². The molecule has 0 radical (unpaired) electrons. The molecule has 4 rings (SSSR count). The topological polar surface area (TPSA) is 75.7 Å². The molecule has 0 aromatic heterocycles. The van der Waals surface area contributed by atoms with Crippen molar-refractivity contribution >= 4 is 15.9 Å². The van der Waals surface area contributed by atoms with Crippen LogP contribution in [0.15, 0.2) is 77.7 Å². The van der Waals surface area contributed by atoms with Crippen molar-refractivity contribution in [3.8, 4) is 11.1 Å². The summed E-state index contributed by atoms with van der Waals surface area (Å²) in [7, 11) is -3.84. The van der Waals surface area contributed by atoms with Crippen LogP contribution in [-0.2, 0) is 14.8 Å². The number of morpholine rings is 1. The van der Waals surface area contributed by atoms with Crippen LogP contribution in [0.4, 0.5) is 4.39 Å². The number of hydrogen-bond donors (Lipinski definition) is 1. The van der Waals surface area contributed by atoms with E-state index in [1.807, 2.05) is 54.6 Å². The Morgan fingerprint density at radius 2 is 1.61 bits per heavy atom. The molecule has 172 valence electrons. The Kier molecular flexibility index (Phi) is 6.88. The van der Waals surface area contributed by atoms with Gasteiger partial charge in [0, 0.05) is 13.1 Å². The fourth-order valence-electron chi connectivity index (χ4n) is 3.73. The molecule has 33 heavy (non-hydrogen) atoms. The SMILES string of the molecule is CC(NC(=O)c1cc(S(=O)(=O)N2CCOCC2)ccc1F)c1ccc(-c2ccccc2)cc1. The summed E-state index contributed by atoms with van der Waals surface area (Å²) in [5.74, 6) is -1.45. The fraction of sp³-hybridized carbons (Fsp3) is 0.240. The quantitative estimate of drug-likeness (QED) is 0.593. The number of nitrogens with one attached hydrogen (secondary N) is 1. The van der Waals surface area contributed by atoms with E-state index in [4.69, 9.17) is 4.74 Å². The largest absolute Gasteiger partial charge is 0.379 e. The molecule has 0 bridgehead atoms. The van der Waals surface area contributed by atoms with Gasteiger partial charge in [0.2, 0.25) is 10.0 Å². The molecule has 0 aliphatic carbocycles. The van der Waals surface area contributed by atoms with E-state index in [0.717, 1.165) is 28.8 Å². The smallest absolute Gasteiger partial charge is 0.254 e. The maximum absolute atomic E-state index is 14.5. The predicted molar refractivity (Wildman–Crippen MR) is 124 cm³/mol. The molecule has 1 heterocycles. The average molecular weight is 469 g/mol. The normalized spacial score (nSPS) is 15.7. The maximum atomic E-state index is 14.5. The second-order valence-electron chi connectivity index (χ2n) is 7.84. The number of ether oxygens (including phenoxy) is 1. The number of rotatable bonds is 6. The van der Waals surface area contributed by atoms with Crippen molar-refractivity contribution in [2.24, 2.45) is 0 Å². The first-order chi connectivity index (χ1) is 15.9. The third-order valence-corrected chi connectivity index (χ3v) is 7.55. The van der Waals surface area contributed by atoms with E-state index in [-0.39, 0.29) is 23.5 Å². The molecule has 1 N–H and O–H groups in total. The van der Waals surface area contributed by atoms with Crippen LogP contribution in [0.2, 0.25) is 0 Å². The lowest BCUT2D eigenvalue weighted by Gasteiger charge is -2.26. The highest BCUT2D eigenvalue weighted by Gasteiger charge is 2.28. The van der Waals surface area contributed by atoms with E-state index in [2.05, 4.69) is 5.32 Å². The first kappa shape index (κ1) is 23.1. The molecule has 1 unspecified atom stereocenters. The third-order valence-electron chi connectivity index (χ3n) is 5.66. The zero-order valence-electron chi connectivity index (χ0n) is 18.2. The molecule has 1 aliphatic rings. The fourth-order valence-corrected chi connectivity index (χ4v) is 5.16. The van der Waals surface area contributed by atoms with Crippen molar-refractivity contribution in [1.82, 2.24) is 9.62 Å². The lowest BCUT2D eigenvalue weighted by atomic mass is 10.0. The molecule has 8 heteroatoms. The molecular weight excluding hydrogens is 443 g/mol. The van der Waals surface area contributed by atoms with E-state index in [1.165, 1.54) is 10.4 Å². The zero-order chi connectivity index (χ0) is 23.4. The summed E-state index contributed by atoms with van der Waals surface area (Å²) in [4.78, 5) is 12.7. The Balaban J connectivity index is 1.50. The van der Waals surface area contributed by atoms with Gasteiger partial charge in [0.25, 0.3) is 5.91 Å². The minimum atomic E-state index is -3.84. The molecular formula is C25H25FN2O4S. The maximum Gasteiger partial charge on any atom is 0.254 e. The first-order valence-electron chi connectivity index (χ1n) is 10.7. The van der Waals surface area contributed by atoms with Crippen molar-refractivity contribution in [2.75, 3.05) is 26.3 Å². The Morgan fingerprint density at radius 3 is 2.27 bits per heavy atom. The van der Waals surface area contributed by atoms with Crippen LogP contribution in [-0.4, -0.2) is 44.9 Å². The van der Waals surface area contributed by atoms with Crippen molar-refractivity contribution in [2.45, 2.75) is 17.9 Å². The van der Waals surface area contributed by atoms with Crippen molar-refractivity contribution < 1.29 is 22.3 Å². The molecule has 0 spiro atoms. The van der Waals surface area contributed by atoms with E-state index < -0.39 is 27.8 Å². The minimum absolute atomic E-state index is 0.115. The van der Waals surface area contributed by atoms with E-state index in [1.54, 1.807) is 6.92 Å². The number of carbonyl (C=O) groups excluding carboxylic acids is 1. The van der Waals surface area contributed by atoms with Crippen molar-refractivity contribution in [3.05, 3.63) is 89.7 Å². The van der Waals surface area contributed by atoms with Crippen LogP contribution >= 0.6 is 0 Å². The number of hydrogen-bond acceptors (Lipinski definition) is 4. The number of halogens is 1. The highest BCUT2D eigenvalue weighted by molar-refractivity contribution is 7.89. The highest BCUT2D eigenvalue weighted by atomic mass is 32.2. The van der Waals surface area contributed by atoms with Gasteiger partial charge in [-0.2, -0.15) is 4.31 Å². The third kappa shape index (κ3) is 5.13. The number of benzene rings is 3. The van der Waals surface area contributed by atoms with Gasteiger partial charge in [-0.05, 0) is 41.8 Å². The minimum Gasteiger partial charge on any atom is -0.379 e. The Labute approximate surface area is 193 Å². The van der Waals surface area contributed by atoms with Gasteiger partial charge in [0.05, 0.1) is 29.7 Å². The van der Waals surface area contributed by atoms with Crippen LogP contribution in [0.5, 0.6) is 0 Å². The van der Waals surface area contributed by atoms with Gasteiger partial charge in [-0.1, -0.05) is 54.6 Å². The van der Waals surface area contributed by atoms with E-state index in [0.29, 0.717) is 13.2 Å². The van der Waals surface area contributed by atoms with Gasteiger partial charge in [0.1, 0.15) is 5.82 Å². The summed E-state index contributed by atoms with van der Waals surface area (Å²) < 4.78 is 46.7. The zero-order valence-corrected chi connectivity index (χ0v) is 19.0. The Hall–Kier alpha value is -3.07. The first-order valence-corrected chi connectivity index (χ1v) is 12.1. The predicted octanol–water partition coefficient (Wildman–Crippen LogP) is 4.00. The molecule has 3 aromatic carbocycles. The van der Waals surface area contributed by atoms with Gasteiger partial charge in [-0.15, -0.1) is 0 Å². The van der Waals surface area contributed by atoms with Crippen LogP contribution in [0.3, 0.4) is 0 Å². The molecule has 3 aromatic rings. The lowest BCUT2D eigenvalue weighted by Crippen LogP contribution is -2.40. The Morgan fingerprint density at radius 1 is 0.970 bits per heavy atom. The average Bonchev–Trinajstić information content (AvgIpc) is 2.85. The van der Waals surface area contributed by atoms with E-state index in [9.17, 15) is 17.6 Å². The van der Waals surface area contributed by atoms with Crippen LogP contribution in [0.1, 0.15) is 28.9 Å². The summed E-state index contributed by atoms with van der Waals surface area (Å²) in [5.41, 5.74) is 2.67. The summed E-state index contributed by atoms with van der Waals surface area (Å²) in [6.45, 7) is 2.83. The summed E-state index contributed by atoms with van der Waals surface area (Å²) in [6, 6.07) is 20.5. The van der Waals surface area contributed by atoms with E-state index >= 15 is 0 Å². The molecule has 1 saturated heterocycles. The standard InChI is InChI=1S/C25H25FN2O4S/c1-18(19-7-9-21(10-8-19)20-5-3-2-4-6-20)27-25(29)23-17-22(11-12-24(23)26)33(30,31)28-13-15-32-16-14-28/h2-12,17-18H,13-16H2,1H3,(H,27,29). The number of sulfonamides is 1. The molecule has 6 nitrogen and oxygen atoms in total. The molecule has 1 atom stereocenters. The highest BCUT2D eigenvalue weighted by Crippen LogP contribution is 2.23. The van der Waals surface area contributed by atoms with Crippen LogP contribution in [0.25, 0.3) is 11.1 Å². The van der Waals surface area contributed by atoms with Crippen molar-refractivity contribution in [3.63, 3.8) is 0 Å². The molecule has 1 aliphatic heterocycles. The van der Waals surface area contributed by atoms with Gasteiger partial charge in [-0.25, -0.2) is 12.8 Å². The van der Waals surface area contributed by atoms with Gasteiger partial charge < -0.3 is 10.1 Å². The van der Waals surface area contributed by atoms with Gasteiger partial charge >= 0.3 is 0 Å². The van der Waals surface area contributed by atoms with Crippen molar-refractivity contribution in [1.29, 1.82) is 0 Å². The molecule has 1 fully saturated rings. The molecule has 0 saturated carbocycles. The van der Waals surface area contributed by atoms with Crippen LogP contribution in [0, 0.1) is 5.82 Å². The second kappa shape index (κ2) is 9.82. The monoisotopic (exact) mass is 468 g/mol.